The Morgan fingerprint density at radius 1 is 1.43 bits per heavy atom. The van der Waals surface area contributed by atoms with E-state index in [2.05, 4.69) is 31.7 Å². The van der Waals surface area contributed by atoms with Crippen molar-refractivity contribution in [1.29, 1.82) is 0 Å². The van der Waals surface area contributed by atoms with Crippen LogP contribution in [0.1, 0.15) is 10.4 Å². The summed E-state index contributed by atoms with van der Waals surface area (Å²) in [6.07, 6.45) is 1.29. The zero-order chi connectivity index (χ0) is 15.4. The Bertz CT molecular complexity index is 681. The number of carbonyl (C=O) groups is 1. The molecule has 0 aliphatic rings. The number of nitrogens with zero attached hydrogens (tertiary/aromatic N) is 1. The van der Waals surface area contributed by atoms with Crippen molar-refractivity contribution in [3.8, 4) is 5.75 Å². The van der Waals surface area contributed by atoms with Crippen LogP contribution in [-0.4, -0.2) is 18.0 Å². The van der Waals surface area contributed by atoms with Gasteiger partial charge in [0.1, 0.15) is 5.75 Å². The van der Waals surface area contributed by atoms with E-state index in [-0.39, 0.29) is 11.4 Å². The summed E-state index contributed by atoms with van der Waals surface area (Å²) in [5, 5.41) is 2.58. The predicted molar refractivity (Wildman–Crippen MR) is 80.7 cm³/mol. The van der Waals surface area contributed by atoms with Crippen LogP contribution in [0, 0.1) is 5.82 Å². The number of hydrazine groups is 1. The van der Waals surface area contributed by atoms with Gasteiger partial charge in [-0.15, -0.1) is 0 Å². The van der Waals surface area contributed by atoms with E-state index >= 15 is 0 Å². The van der Waals surface area contributed by atoms with Gasteiger partial charge in [0.25, 0.3) is 5.91 Å². The van der Waals surface area contributed by atoms with Crippen LogP contribution in [0.15, 0.2) is 34.9 Å². The highest BCUT2D eigenvalue weighted by molar-refractivity contribution is 9.10. The van der Waals surface area contributed by atoms with Crippen molar-refractivity contribution in [2.75, 3.05) is 17.9 Å². The van der Waals surface area contributed by atoms with Gasteiger partial charge in [-0.25, -0.2) is 15.2 Å². The number of hydrogen-bond donors (Lipinski definition) is 3. The Morgan fingerprint density at radius 2 is 2.19 bits per heavy atom. The average Bonchev–Trinajstić information content (AvgIpc) is 2.49. The van der Waals surface area contributed by atoms with Gasteiger partial charge in [0.05, 0.1) is 17.1 Å². The number of nitrogen functional groups attached to an aromatic ring is 1. The van der Waals surface area contributed by atoms with E-state index in [4.69, 9.17) is 10.6 Å². The fraction of sp³-hybridized carbons (Fsp3) is 0.0769. The maximum absolute atomic E-state index is 13.9. The van der Waals surface area contributed by atoms with E-state index in [0.717, 1.165) is 4.47 Å². The smallest absolute Gasteiger partial charge is 0.258 e. The van der Waals surface area contributed by atoms with Gasteiger partial charge in [0, 0.05) is 18.0 Å². The van der Waals surface area contributed by atoms with Crippen LogP contribution in [-0.2, 0) is 0 Å². The SMILES string of the molecule is COc1cc(NC(=O)c2ccnc(NN)c2F)ccc1Br. The van der Waals surface area contributed by atoms with Crippen molar-refractivity contribution in [2.24, 2.45) is 5.84 Å². The highest BCUT2D eigenvalue weighted by Crippen LogP contribution is 2.28. The zero-order valence-electron chi connectivity index (χ0n) is 11.0. The van der Waals surface area contributed by atoms with Crippen molar-refractivity contribution in [1.82, 2.24) is 4.98 Å². The maximum Gasteiger partial charge on any atom is 0.258 e. The minimum absolute atomic E-state index is 0.167. The lowest BCUT2D eigenvalue weighted by molar-refractivity contribution is 0.102. The van der Waals surface area contributed by atoms with Crippen LogP contribution in [0.25, 0.3) is 0 Å². The number of benzene rings is 1. The predicted octanol–water partition coefficient (Wildman–Crippen LogP) is 2.53. The molecule has 0 saturated carbocycles. The van der Waals surface area contributed by atoms with E-state index < -0.39 is 11.7 Å². The molecular weight excluding hydrogens is 343 g/mol. The number of nitrogens with two attached hydrogens (primary N) is 1. The highest BCUT2D eigenvalue weighted by atomic mass is 79.9. The Labute approximate surface area is 128 Å². The molecule has 21 heavy (non-hydrogen) atoms. The molecular formula is C13H12BrFN4O2. The summed E-state index contributed by atoms with van der Waals surface area (Å²) in [6.45, 7) is 0. The van der Waals surface area contributed by atoms with Crippen LogP contribution in [0.5, 0.6) is 5.75 Å². The number of pyridine rings is 1. The van der Waals surface area contributed by atoms with Gasteiger partial charge in [0.2, 0.25) is 0 Å². The average molecular weight is 355 g/mol. The molecule has 0 aliphatic heterocycles. The largest absolute Gasteiger partial charge is 0.495 e. The lowest BCUT2D eigenvalue weighted by Gasteiger charge is -2.10. The minimum atomic E-state index is -0.818. The van der Waals surface area contributed by atoms with Gasteiger partial charge in [-0.3, -0.25) is 4.79 Å². The Morgan fingerprint density at radius 3 is 2.86 bits per heavy atom. The fourth-order valence-corrected chi connectivity index (χ4v) is 2.06. The number of methoxy groups -OCH3 is 1. The molecule has 2 aromatic rings. The first-order chi connectivity index (χ1) is 10.1. The first-order valence-corrected chi connectivity index (χ1v) is 6.62. The number of carbonyl (C=O) groups excluding carboxylic acids is 1. The lowest BCUT2D eigenvalue weighted by Crippen LogP contribution is -2.17. The third kappa shape index (κ3) is 3.29. The van der Waals surface area contributed by atoms with Gasteiger partial charge in [-0.1, -0.05) is 0 Å². The molecule has 2 rings (SSSR count). The van der Waals surface area contributed by atoms with Crippen molar-refractivity contribution >= 4 is 33.3 Å². The molecule has 0 saturated heterocycles. The molecule has 0 radical (unpaired) electrons. The number of nitrogens with one attached hydrogen (secondary N) is 2. The normalized spacial score (nSPS) is 10.1. The van der Waals surface area contributed by atoms with Crippen molar-refractivity contribution in [3.63, 3.8) is 0 Å². The first-order valence-electron chi connectivity index (χ1n) is 5.82. The number of hydrogen-bond acceptors (Lipinski definition) is 5. The third-order valence-corrected chi connectivity index (χ3v) is 3.33. The Balaban J connectivity index is 2.26. The molecule has 0 atom stereocenters. The molecule has 0 spiro atoms. The minimum Gasteiger partial charge on any atom is -0.495 e. The second kappa shape index (κ2) is 6.51. The first kappa shape index (κ1) is 15.2. The standard InChI is InChI=1S/C13H12BrFN4O2/c1-21-10-6-7(2-3-9(10)14)18-13(20)8-4-5-17-12(19-16)11(8)15/h2-6H,16H2,1H3,(H,17,19)(H,18,20). The topological polar surface area (TPSA) is 89.3 Å². The van der Waals surface area contributed by atoms with E-state index in [0.29, 0.717) is 11.4 Å². The van der Waals surface area contributed by atoms with E-state index in [1.54, 1.807) is 18.2 Å². The fourth-order valence-electron chi connectivity index (χ4n) is 1.66. The molecule has 8 heteroatoms. The van der Waals surface area contributed by atoms with E-state index in [1.807, 2.05) is 0 Å². The summed E-state index contributed by atoms with van der Waals surface area (Å²) >= 11 is 3.30. The summed E-state index contributed by atoms with van der Waals surface area (Å²) < 4.78 is 19.8. The third-order valence-electron chi connectivity index (χ3n) is 2.68. The lowest BCUT2D eigenvalue weighted by atomic mass is 10.2. The van der Waals surface area contributed by atoms with Gasteiger partial charge in [0.15, 0.2) is 11.6 Å². The van der Waals surface area contributed by atoms with Gasteiger partial charge < -0.3 is 15.5 Å². The second-order valence-corrected chi connectivity index (χ2v) is 4.82. The molecule has 1 aromatic carbocycles. The molecule has 0 unspecified atom stereocenters. The number of anilines is 2. The summed E-state index contributed by atoms with van der Waals surface area (Å²) in [6, 6.07) is 6.25. The summed E-state index contributed by atoms with van der Waals surface area (Å²) in [4.78, 5) is 15.8. The van der Waals surface area contributed by atoms with Crippen LogP contribution >= 0.6 is 15.9 Å². The molecule has 4 N–H and O–H groups in total. The number of aromatic nitrogens is 1. The summed E-state index contributed by atoms with van der Waals surface area (Å²) in [5.41, 5.74) is 2.39. The number of rotatable bonds is 4. The maximum atomic E-state index is 13.9. The molecule has 1 amide bonds. The molecule has 0 bridgehead atoms. The van der Waals surface area contributed by atoms with Crippen LogP contribution in [0.2, 0.25) is 0 Å². The molecule has 1 heterocycles. The van der Waals surface area contributed by atoms with E-state index in [9.17, 15) is 9.18 Å². The Kier molecular flexibility index (Phi) is 4.71. The van der Waals surface area contributed by atoms with Crippen molar-refractivity contribution < 1.29 is 13.9 Å². The van der Waals surface area contributed by atoms with Crippen molar-refractivity contribution in [2.45, 2.75) is 0 Å². The van der Waals surface area contributed by atoms with Crippen LogP contribution < -0.4 is 21.3 Å². The van der Waals surface area contributed by atoms with Gasteiger partial charge in [-0.2, -0.15) is 0 Å². The second-order valence-electron chi connectivity index (χ2n) is 3.97. The van der Waals surface area contributed by atoms with Crippen LogP contribution in [0.3, 0.4) is 0 Å². The van der Waals surface area contributed by atoms with Gasteiger partial charge >= 0.3 is 0 Å². The van der Waals surface area contributed by atoms with Crippen LogP contribution in [0.4, 0.5) is 15.9 Å². The molecule has 0 aliphatic carbocycles. The molecule has 6 nitrogen and oxygen atoms in total. The summed E-state index contributed by atoms with van der Waals surface area (Å²) in [7, 11) is 1.51. The quantitative estimate of drug-likeness (QED) is 0.579. The molecule has 110 valence electrons. The molecule has 0 fully saturated rings. The van der Waals surface area contributed by atoms with E-state index in [1.165, 1.54) is 19.4 Å². The Hall–Kier alpha value is -2.19. The van der Waals surface area contributed by atoms with Crippen molar-refractivity contribution in [3.05, 3.63) is 46.3 Å². The highest BCUT2D eigenvalue weighted by Gasteiger charge is 2.16. The number of halogens is 2. The number of amides is 1. The number of ether oxygens (including phenoxy) is 1. The van der Waals surface area contributed by atoms with Gasteiger partial charge in [-0.05, 0) is 34.1 Å². The summed E-state index contributed by atoms with van der Waals surface area (Å²) in [5.74, 6) is 4.04. The monoisotopic (exact) mass is 354 g/mol. The zero-order valence-corrected chi connectivity index (χ0v) is 12.6. The molecule has 1 aromatic heterocycles.